The van der Waals surface area contributed by atoms with E-state index in [1.807, 2.05) is 0 Å². The number of aldehydes is 1. The van der Waals surface area contributed by atoms with Crippen LogP contribution in [0.25, 0.3) is 0 Å². The number of carbonyl (C=O) groups is 1. The Hall–Kier alpha value is 0.150. The Kier molecular flexibility index (Phi) is 2.28. The molecule has 1 aliphatic rings. The van der Waals surface area contributed by atoms with Crippen LogP contribution in [0.1, 0.15) is 32.1 Å². The first-order valence-electron chi connectivity index (χ1n) is 3.42. The maximum atomic E-state index is 10.4. The van der Waals surface area contributed by atoms with Gasteiger partial charge in [-0.2, -0.15) is 0 Å². The van der Waals surface area contributed by atoms with Crippen LogP contribution in [0.5, 0.6) is 0 Å². The van der Waals surface area contributed by atoms with Gasteiger partial charge < -0.3 is 4.79 Å². The maximum absolute atomic E-state index is 10.4. The van der Waals surface area contributed by atoms with Gasteiger partial charge in [0.2, 0.25) is 0 Å². The molecule has 0 N–H and O–H groups in total. The van der Waals surface area contributed by atoms with E-state index in [0.29, 0.717) is 0 Å². The van der Waals surface area contributed by atoms with Crippen molar-refractivity contribution in [3.8, 4) is 0 Å². The zero-order valence-electron chi connectivity index (χ0n) is 5.40. The van der Waals surface area contributed by atoms with Gasteiger partial charge in [-0.25, -0.2) is 0 Å². The largest absolute Gasteiger partial charge is 0.302 e. The van der Waals surface area contributed by atoms with Crippen LogP contribution in [-0.2, 0) is 4.79 Å². The molecule has 0 saturated heterocycles. The van der Waals surface area contributed by atoms with E-state index in [1.54, 1.807) is 0 Å². The van der Waals surface area contributed by atoms with Gasteiger partial charge in [-0.05, 0) is 12.8 Å². The fourth-order valence-electron chi connectivity index (χ4n) is 1.26. The molecular formula is C7H11BrO. The Balaban J connectivity index is 2.46. The first-order chi connectivity index (χ1) is 4.27. The molecule has 0 radical (unpaired) electrons. The monoisotopic (exact) mass is 190 g/mol. The topological polar surface area (TPSA) is 17.1 Å². The fraction of sp³-hybridized carbons (Fsp3) is 0.857. The summed E-state index contributed by atoms with van der Waals surface area (Å²) in [6, 6.07) is 0. The maximum Gasteiger partial charge on any atom is 0.136 e. The minimum atomic E-state index is -0.148. The Labute approximate surface area is 64.0 Å². The van der Waals surface area contributed by atoms with Crippen LogP contribution in [0, 0.1) is 0 Å². The normalized spacial score (nSPS) is 25.4. The van der Waals surface area contributed by atoms with E-state index < -0.39 is 0 Å². The molecule has 0 heterocycles. The summed E-state index contributed by atoms with van der Waals surface area (Å²) in [7, 11) is 0. The van der Waals surface area contributed by atoms with Gasteiger partial charge >= 0.3 is 0 Å². The standard InChI is InChI=1S/C7H11BrO/c8-7(6-9)4-2-1-3-5-7/h6H,1-5H2. The van der Waals surface area contributed by atoms with Crippen LogP contribution in [0.15, 0.2) is 0 Å². The Morgan fingerprint density at radius 1 is 1.22 bits per heavy atom. The lowest BCUT2D eigenvalue weighted by molar-refractivity contribution is -0.110. The summed E-state index contributed by atoms with van der Waals surface area (Å²) in [4.78, 5) is 10.4. The molecule has 0 aromatic heterocycles. The molecule has 0 spiro atoms. The van der Waals surface area contributed by atoms with Crippen molar-refractivity contribution in [2.75, 3.05) is 0 Å². The zero-order chi connectivity index (χ0) is 6.74. The van der Waals surface area contributed by atoms with Crippen LogP contribution in [-0.4, -0.2) is 10.6 Å². The summed E-state index contributed by atoms with van der Waals surface area (Å²) >= 11 is 3.43. The summed E-state index contributed by atoms with van der Waals surface area (Å²) in [6.07, 6.45) is 6.79. The minimum absolute atomic E-state index is 0.148. The van der Waals surface area contributed by atoms with Gasteiger partial charge in [-0.15, -0.1) is 0 Å². The van der Waals surface area contributed by atoms with Crippen LogP contribution in [0.2, 0.25) is 0 Å². The molecule has 1 aliphatic carbocycles. The fourth-order valence-corrected chi connectivity index (χ4v) is 1.82. The van der Waals surface area contributed by atoms with Crippen molar-refractivity contribution in [3.63, 3.8) is 0 Å². The van der Waals surface area contributed by atoms with Gasteiger partial charge in [0.15, 0.2) is 0 Å². The van der Waals surface area contributed by atoms with Gasteiger partial charge in [0.1, 0.15) is 6.29 Å². The number of rotatable bonds is 1. The Bertz CT molecular complexity index is 105. The lowest BCUT2D eigenvalue weighted by Gasteiger charge is -2.24. The predicted molar refractivity (Wildman–Crippen MR) is 40.8 cm³/mol. The van der Waals surface area contributed by atoms with Crippen molar-refractivity contribution in [2.45, 2.75) is 36.4 Å². The predicted octanol–water partition coefficient (Wildman–Crippen LogP) is 2.28. The molecule has 0 aromatic rings. The number of hydrogen-bond donors (Lipinski definition) is 0. The molecule has 9 heavy (non-hydrogen) atoms. The molecule has 1 fully saturated rings. The summed E-state index contributed by atoms with van der Waals surface area (Å²) in [5, 5.41) is 0. The average Bonchev–Trinajstić information content (AvgIpc) is 1.90. The molecule has 0 aromatic carbocycles. The molecule has 0 unspecified atom stereocenters. The molecule has 0 bridgehead atoms. The molecule has 2 heteroatoms. The van der Waals surface area contributed by atoms with E-state index in [9.17, 15) is 4.79 Å². The van der Waals surface area contributed by atoms with Crippen molar-refractivity contribution in [2.24, 2.45) is 0 Å². The van der Waals surface area contributed by atoms with Gasteiger partial charge in [0, 0.05) is 0 Å². The van der Waals surface area contributed by atoms with E-state index in [1.165, 1.54) is 19.3 Å². The SMILES string of the molecule is O=CC1(Br)CCCCC1. The van der Waals surface area contributed by atoms with Crippen LogP contribution in [0.3, 0.4) is 0 Å². The Morgan fingerprint density at radius 2 is 1.78 bits per heavy atom. The summed E-state index contributed by atoms with van der Waals surface area (Å²) in [5.74, 6) is 0. The highest BCUT2D eigenvalue weighted by molar-refractivity contribution is 9.10. The van der Waals surface area contributed by atoms with Crippen molar-refractivity contribution in [3.05, 3.63) is 0 Å². The molecule has 52 valence electrons. The van der Waals surface area contributed by atoms with Gasteiger partial charge in [-0.1, -0.05) is 35.2 Å². The second kappa shape index (κ2) is 2.82. The van der Waals surface area contributed by atoms with Crippen molar-refractivity contribution in [1.29, 1.82) is 0 Å². The number of hydrogen-bond acceptors (Lipinski definition) is 1. The molecule has 0 amide bonds. The third-order valence-corrected chi connectivity index (χ3v) is 2.88. The third-order valence-electron chi connectivity index (χ3n) is 1.90. The Morgan fingerprint density at radius 3 is 2.11 bits per heavy atom. The van der Waals surface area contributed by atoms with Gasteiger partial charge in [0.05, 0.1) is 4.32 Å². The minimum Gasteiger partial charge on any atom is -0.302 e. The molecule has 0 aliphatic heterocycles. The summed E-state index contributed by atoms with van der Waals surface area (Å²) in [6.45, 7) is 0. The van der Waals surface area contributed by atoms with Crippen LogP contribution < -0.4 is 0 Å². The van der Waals surface area contributed by atoms with Gasteiger partial charge in [0.25, 0.3) is 0 Å². The second-order valence-corrected chi connectivity index (χ2v) is 4.29. The summed E-state index contributed by atoms with van der Waals surface area (Å²) in [5.41, 5.74) is 0. The van der Waals surface area contributed by atoms with Crippen LogP contribution >= 0.6 is 15.9 Å². The third kappa shape index (κ3) is 1.78. The highest BCUT2D eigenvalue weighted by Gasteiger charge is 2.27. The first-order valence-corrected chi connectivity index (χ1v) is 4.21. The summed E-state index contributed by atoms with van der Waals surface area (Å²) < 4.78 is -0.148. The van der Waals surface area contributed by atoms with Crippen molar-refractivity contribution in [1.82, 2.24) is 0 Å². The number of alkyl halides is 1. The van der Waals surface area contributed by atoms with Gasteiger partial charge in [-0.3, -0.25) is 0 Å². The van der Waals surface area contributed by atoms with Crippen molar-refractivity contribution >= 4 is 22.2 Å². The highest BCUT2D eigenvalue weighted by atomic mass is 79.9. The van der Waals surface area contributed by atoms with E-state index >= 15 is 0 Å². The highest BCUT2D eigenvalue weighted by Crippen LogP contribution is 2.33. The number of halogens is 1. The second-order valence-electron chi connectivity index (χ2n) is 2.71. The first kappa shape index (κ1) is 7.26. The lowest BCUT2D eigenvalue weighted by atomic mass is 9.90. The van der Waals surface area contributed by atoms with E-state index in [4.69, 9.17) is 0 Å². The quantitative estimate of drug-likeness (QED) is 0.459. The van der Waals surface area contributed by atoms with Crippen LogP contribution in [0.4, 0.5) is 0 Å². The molecule has 1 saturated carbocycles. The average molecular weight is 191 g/mol. The van der Waals surface area contributed by atoms with E-state index in [0.717, 1.165) is 19.1 Å². The van der Waals surface area contributed by atoms with Crippen molar-refractivity contribution < 1.29 is 4.79 Å². The number of carbonyl (C=O) groups excluding carboxylic acids is 1. The lowest BCUT2D eigenvalue weighted by Crippen LogP contribution is -2.25. The molecule has 1 rings (SSSR count). The van der Waals surface area contributed by atoms with E-state index in [-0.39, 0.29) is 4.32 Å². The smallest absolute Gasteiger partial charge is 0.136 e. The zero-order valence-corrected chi connectivity index (χ0v) is 6.99. The molecule has 0 atom stereocenters. The van der Waals surface area contributed by atoms with E-state index in [2.05, 4.69) is 15.9 Å². The molecular weight excluding hydrogens is 180 g/mol. The molecule has 1 nitrogen and oxygen atoms in total.